The second kappa shape index (κ2) is 9.93. The lowest BCUT2D eigenvalue weighted by Gasteiger charge is -2.28. The molecule has 0 aliphatic rings. The minimum absolute atomic E-state index is 0.161. The number of carbonyl (C=O) groups excluding carboxylic acids is 2. The van der Waals surface area contributed by atoms with Crippen LogP contribution in [0.2, 0.25) is 0 Å². The summed E-state index contributed by atoms with van der Waals surface area (Å²) in [6.45, 7) is 6.14. The first-order chi connectivity index (χ1) is 11.4. The minimum Gasteiger partial charge on any atom is -0.484 e. The van der Waals surface area contributed by atoms with Crippen molar-refractivity contribution >= 4 is 17.5 Å². The molecular weight excluding hydrogens is 308 g/mol. The molecule has 0 aliphatic heterocycles. The van der Waals surface area contributed by atoms with Gasteiger partial charge in [-0.1, -0.05) is 26.2 Å². The molecule has 6 nitrogen and oxygen atoms in total. The van der Waals surface area contributed by atoms with Gasteiger partial charge >= 0.3 is 0 Å². The highest BCUT2D eigenvalue weighted by atomic mass is 16.5. The highest BCUT2D eigenvalue weighted by Gasteiger charge is 2.33. The van der Waals surface area contributed by atoms with Gasteiger partial charge in [-0.3, -0.25) is 9.59 Å². The summed E-state index contributed by atoms with van der Waals surface area (Å²) in [5.74, 6) is -0.180. The smallest absolute Gasteiger partial charge is 0.256 e. The third-order valence-corrected chi connectivity index (χ3v) is 3.69. The molecule has 6 heteroatoms. The molecule has 0 bridgehead atoms. The van der Waals surface area contributed by atoms with Crippen molar-refractivity contribution < 1.29 is 19.1 Å². The Balaban J connectivity index is 2.67. The third-order valence-electron chi connectivity index (χ3n) is 3.69. The summed E-state index contributed by atoms with van der Waals surface area (Å²) >= 11 is 0. The molecule has 24 heavy (non-hydrogen) atoms. The van der Waals surface area contributed by atoms with Gasteiger partial charge in [-0.05, 0) is 44.5 Å². The molecule has 0 aromatic heterocycles. The van der Waals surface area contributed by atoms with Crippen molar-refractivity contribution in [2.45, 2.75) is 52.1 Å². The Bertz CT molecular complexity index is 530. The maximum Gasteiger partial charge on any atom is 0.256 e. The van der Waals surface area contributed by atoms with Gasteiger partial charge in [-0.15, -0.1) is 0 Å². The zero-order valence-corrected chi connectivity index (χ0v) is 14.8. The van der Waals surface area contributed by atoms with E-state index in [1.54, 1.807) is 24.3 Å². The summed E-state index contributed by atoms with van der Waals surface area (Å²) < 4.78 is 10.9. The molecule has 0 unspecified atom stereocenters. The molecule has 0 spiro atoms. The lowest BCUT2D eigenvalue weighted by atomic mass is 9.96. The zero-order valence-electron chi connectivity index (χ0n) is 14.8. The van der Waals surface area contributed by atoms with E-state index in [1.807, 2.05) is 13.8 Å². The monoisotopic (exact) mass is 336 g/mol. The fraction of sp³-hybridized carbons (Fsp3) is 0.556. The number of rotatable bonds is 11. The number of hydrogen-bond acceptors (Lipinski definition) is 4. The van der Waals surface area contributed by atoms with E-state index in [-0.39, 0.29) is 12.5 Å². The zero-order chi connectivity index (χ0) is 18.0. The molecule has 0 heterocycles. The number of amides is 2. The largest absolute Gasteiger partial charge is 0.484 e. The minimum atomic E-state index is -0.842. The standard InChI is InChI=1S/C18H28N2O4/c1-4-6-7-12-18(3,24-5-2)17(22)20-14-8-10-15(11-9-14)23-13-16(19)21/h8-11H,4-7,12-13H2,1-3H3,(H2,19,21)(H,20,22)/t18-/m1/s1. The SMILES string of the molecule is CCCCC[C@@](C)(OCC)C(=O)Nc1ccc(OCC(N)=O)cc1. The molecule has 0 saturated heterocycles. The number of hydrogen-bond donors (Lipinski definition) is 2. The van der Waals surface area contributed by atoms with Crippen LogP contribution in [0.25, 0.3) is 0 Å². The first-order valence-electron chi connectivity index (χ1n) is 8.38. The number of ether oxygens (including phenoxy) is 2. The highest BCUT2D eigenvalue weighted by Crippen LogP contribution is 2.23. The van der Waals surface area contributed by atoms with Crippen molar-refractivity contribution in [1.82, 2.24) is 0 Å². The van der Waals surface area contributed by atoms with E-state index in [9.17, 15) is 9.59 Å². The van der Waals surface area contributed by atoms with Gasteiger partial charge in [-0.25, -0.2) is 0 Å². The van der Waals surface area contributed by atoms with E-state index in [0.29, 0.717) is 24.5 Å². The number of nitrogens with one attached hydrogen (secondary N) is 1. The van der Waals surface area contributed by atoms with Crippen molar-refractivity contribution in [3.63, 3.8) is 0 Å². The summed E-state index contributed by atoms with van der Waals surface area (Å²) in [4.78, 5) is 23.3. The molecule has 134 valence electrons. The first kappa shape index (κ1) is 20.0. The van der Waals surface area contributed by atoms with E-state index >= 15 is 0 Å². The molecule has 3 N–H and O–H groups in total. The molecule has 2 amide bonds. The maximum absolute atomic E-state index is 12.6. The van der Waals surface area contributed by atoms with E-state index in [0.717, 1.165) is 19.3 Å². The second-order valence-electron chi connectivity index (χ2n) is 5.85. The third kappa shape index (κ3) is 6.58. The number of anilines is 1. The van der Waals surface area contributed by atoms with E-state index in [1.165, 1.54) is 0 Å². The average Bonchev–Trinajstić information content (AvgIpc) is 2.54. The number of carbonyl (C=O) groups is 2. The van der Waals surface area contributed by atoms with Gasteiger partial charge < -0.3 is 20.5 Å². The summed E-state index contributed by atoms with van der Waals surface area (Å²) in [7, 11) is 0. The lowest BCUT2D eigenvalue weighted by molar-refractivity contribution is -0.139. The van der Waals surface area contributed by atoms with Gasteiger partial charge in [-0.2, -0.15) is 0 Å². The molecule has 0 aliphatic carbocycles. The predicted octanol–water partition coefficient (Wildman–Crippen LogP) is 2.86. The summed E-state index contributed by atoms with van der Waals surface area (Å²) in [5, 5.41) is 2.88. The van der Waals surface area contributed by atoms with Crippen LogP contribution in [0, 0.1) is 0 Å². The quantitative estimate of drug-likeness (QED) is 0.608. The van der Waals surface area contributed by atoms with Gasteiger partial charge in [0.2, 0.25) is 0 Å². The van der Waals surface area contributed by atoms with Crippen LogP contribution in [-0.2, 0) is 14.3 Å². The number of benzene rings is 1. The molecule has 0 radical (unpaired) electrons. The van der Waals surface area contributed by atoms with Crippen LogP contribution < -0.4 is 15.8 Å². The van der Waals surface area contributed by atoms with Crippen LogP contribution in [0.4, 0.5) is 5.69 Å². The molecule has 0 fully saturated rings. The highest BCUT2D eigenvalue weighted by molar-refractivity contribution is 5.97. The Morgan fingerprint density at radius 1 is 1.17 bits per heavy atom. The lowest BCUT2D eigenvalue weighted by Crippen LogP contribution is -2.42. The molecule has 0 saturated carbocycles. The van der Waals surface area contributed by atoms with Crippen LogP contribution in [0.5, 0.6) is 5.75 Å². The van der Waals surface area contributed by atoms with Crippen LogP contribution in [0.15, 0.2) is 24.3 Å². The van der Waals surface area contributed by atoms with Crippen molar-refractivity contribution in [3.8, 4) is 5.75 Å². The second-order valence-corrected chi connectivity index (χ2v) is 5.85. The van der Waals surface area contributed by atoms with Gasteiger partial charge in [0, 0.05) is 12.3 Å². The molecule has 1 rings (SSSR count). The fourth-order valence-corrected chi connectivity index (χ4v) is 2.33. The molecule has 1 aromatic rings. The Morgan fingerprint density at radius 2 is 1.83 bits per heavy atom. The topological polar surface area (TPSA) is 90.7 Å². The summed E-state index contributed by atoms with van der Waals surface area (Å²) in [6.07, 6.45) is 3.79. The van der Waals surface area contributed by atoms with Crippen molar-refractivity contribution in [2.75, 3.05) is 18.5 Å². The molecular formula is C18H28N2O4. The molecule has 1 aromatic carbocycles. The number of unbranched alkanes of at least 4 members (excludes halogenated alkanes) is 2. The van der Waals surface area contributed by atoms with Crippen molar-refractivity contribution in [2.24, 2.45) is 5.73 Å². The Kier molecular flexibility index (Phi) is 8.26. The van der Waals surface area contributed by atoms with E-state index < -0.39 is 11.5 Å². The van der Waals surface area contributed by atoms with Gasteiger partial charge in [0.1, 0.15) is 11.4 Å². The first-order valence-corrected chi connectivity index (χ1v) is 8.38. The van der Waals surface area contributed by atoms with Gasteiger partial charge in [0.25, 0.3) is 11.8 Å². The maximum atomic E-state index is 12.6. The van der Waals surface area contributed by atoms with Gasteiger partial charge in [0.15, 0.2) is 6.61 Å². The Hall–Kier alpha value is -2.08. The van der Waals surface area contributed by atoms with Crippen LogP contribution >= 0.6 is 0 Å². The Labute approximate surface area is 143 Å². The number of primary amides is 1. The van der Waals surface area contributed by atoms with Crippen LogP contribution in [0.1, 0.15) is 46.5 Å². The van der Waals surface area contributed by atoms with Crippen molar-refractivity contribution in [1.29, 1.82) is 0 Å². The Morgan fingerprint density at radius 3 is 2.38 bits per heavy atom. The molecule has 1 atom stereocenters. The summed E-state index contributed by atoms with van der Waals surface area (Å²) in [5.41, 5.74) is 4.83. The number of nitrogens with two attached hydrogens (primary N) is 1. The predicted molar refractivity (Wildman–Crippen MR) is 93.9 cm³/mol. The summed E-state index contributed by atoms with van der Waals surface area (Å²) in [6, 6.07) is 6.78. The normalized spacial score (nSPS) is 13.1. The van der Waals surface area contributed by atoms with Crippen molar-refractivity contribution in [3.05, 3.63) is 24.3 Å². The van der Waals surface area contributed by atoms with E-state index in [2.05, 4.69) is 12.2 Å². The fourth-order valence-electron chi connectivity index (χ4n) is 2.33. The van der Waals surface area contributed by atoms with Crippen LogP contribution in [-0.4, -0.2) is 30.6 Å². The van der Waals surface area contributed by atoms with Crippen LogP contribution in [0.3, 0.4) is 0 Å². The van der Waals surface area contributed by atoms with Gasteiger partial charge in [0.05, 0.1) is 0 Å². The average molecular weight is 336 g/mol. The van der Waals surface area contributed by atoms with E-state index in [4.69, 9.17) is 15.2 Å².